The summed E-state index contributed by atoms with van der Waals surface area (Å²) < 4.78 is 16.6. The second-order valence-corrected chi connectivity index (χ2v) is 8.79. The van der Waals surface area contributed by atoms with Crippen LogP contribution < -0.4 is 14.4 Å². The summed E-state index contributed by atoms with van der Waals surface area (Å²) in [6.45, 7) is 5.74. The van der Waals surface area contributed by atoms with E-state index in [-0.39, 0.29) is 25.7 Å². The standard InChI is InChI=1S/C24H24N2O5S/c1-15-24(28)26(14-22(27)30-12-11-29-19-7-5-4-6-8-19)20-13-18(9-10-21(20)31-15)23-16(2)32-17(3)25-23/h4-10,13,15H,11-12,14H2,1-3H3. The molecular formula is C24H24N2O5S. The molecule has 0 radical (unpaired) electrons. The summed E-state index contributed by atoms with van der Waals surface area (Å²) >= 11 is 1.61. The van der Waals surface area contributed by atoms with E-state index in [1.807, 2.05) is 62.4 Å². The fourth-order valence-corrected chi connectivity index (χ4v) is 4.36. The number of anilines is 1. The third-order valence-corrected chi connectivity index (χ3v) is 5.88. The first-order valence-corrected chi connectivity index (χ1v) is 11.1. The summed E-state index contributed by atoms with van der Waals surface area (Å²) in [4.78, 5) is 32.4. The maximum atomic E-state index is 12.8. The fourth-order valence-electron chi connectivity index (χ4n) is 3.52. The molecule has 0 spiro atoms. The maximum Gasteiger partial charge on any atom is 0.326 e. The molecule has 1 atom stereocenters. The molecule has 2 heterocycles. The maximum absolute atomic E-state index is 12.8. The molecule has 1 aliphatic rings. The number of para-hydroxylation sites is 1. The van der Waals surface area contributed by atoms with Crippen LogP contribution in [0, 0.1) is 13.8 Å². The Morgan fingerprint density at radius 3 is 2.66 bits per heavy atom. The molecule has 3 aromatic rings. The van der Waals surface area contributed by atoms with Gasteiger partial charge in [-0.2, -0.15) is 0 Å². The predicted octanol–water partition coefficient (Wildman–Crippen LogP) is 4.16. The van der Waals surface area contributed by atoms with E-state index < -0.39 is 12.1 Å². The first-order valence-electron chi connectivity index (χ1n) is 10.3. The summed E-state index contributed by atoms with van der Waals surface area (Å²) in [7, 11) is 0. The highest BCUT2D eigenvalue weighted by molar-refractivity contribution is 7.11. The molecule has 0 bridgehead atoms. The van der Waals surface area contributed by atoms with Crippen LogP contribution in [-0.2, 0) is 14.3 Å². The molecule has 1 aliphatic heterocycles. The van der Waals surface area contributed by atoms with E-state index in [1.54, 1.807) is 18.3 Å². The third kappa shape index (κ3) is 4.75. The number of aryl methyl sites for hydroxylation is 2. The molecule has 32 heavy (non-hydrogen) atoms. The number of hydrogen-bond donors (Lipinski definition) is 0. The van der Waals surface area contributed by atoms with Gasteiger partial charge in [0.05, 0.1) is 16.4 Å². The van der Waals surface area contributed by atoms with Crippen molar-refractivity contribution in [3.8, 4) is 22.8 Å². The topological polar surface area (TPSA) is 78.0 Å². The van der Waals surface area contributed by atoms with Crippen molar-refractivity contribution in [1.82, 2.24) is 4.98 Å². The molecule has 8 heteroatoms. The van der Waals surface area contributed by atoms with Crippen molar-refractivity contribution in [2.75, 3.05) is 24.7 Å². The van der Waals surface area contributed by atoms with Crippen LogP contribution in [0.3, 0.4) is 0 Å². The number of esters is 1. The Morgan fingerprint density at radius 2 is 1.94 bits per heavy atom. The van der Waals surface area contributed by atoms with E-state index in [2.05, 4.69) is 4.98 Å². The van der Waals surface area contributed by atoms with Gasteiger partial charge in [-0.1, -0.05) is 18.2 Å². The largest absolute Gasteiger partial charge is 0.490 e. The first-order chi connectivity index (χ1) is 15.4. The highest BCUT2D eigenvalue weighted by Crippen LogP contribution is 2.38. The molecule has 7 nitrogen and oxygen atoms in total. The van der Waals surface area contributed by atoms with E-state index in [0.29, 0.717) is 17.2 Å². The van der Waals surface area contributed by atoms with Gasteiger partial charge < -0.3 is 14.2 Å². The molecule has 4 rings (SSSR count). The van der Waals surface area contributed by atoms with Crippen molar-refractivity contribution in [3.05, 3.63) is 58.4 Å². The molecule has 1 amide bonds. The van der Waals surface area contributed by atoms with Crippen LogP contribution in [0.25, 0.3) is 11.3 Å². The lowest BCUT2D eigenvalue weighted by Gasteiger charge is -2.32. The van der Waals surface area contributed by atoms with Gasteiger partial charge in [0, 0.05) is 10.4 Å². The van der Waals surface area contributed by atoms with Crippen molar-refractivity contribution in [3.63, 3.8) is 0 Å². The van der Waals surface area contributed by atoms with Gasteiger partial charge in [-0.25, -0.2) is 4.98 Å². The molecular weight excluding hydrogens is 428 g/mol. The van der Waals surface area contributed by atoms with Gasteiger partial charge in [-0.05, 0) is 51.1 Å². The molecule has 166 valence electrons. The Hall–Kier alpha value is -3.39. The SMILES string of the molecule is Cc1nc(-c2ccc3c(c2)N(CC(=O)OCCOc2ccccc2)C(=O)C(C)O3)c(C)s1. The van der Waals surface area contributed by atoms with Gasteiger partial charge in [0.25, 0.3) is 5.91 Å². The normalized spacial score (nSPS) is 15.2. The predicted molar refractivity (Wildman–Crippen MR) is 122 cm³/mol. The lowest BCUT2D eigenvalue weighted by atomic mass is 10.1. The number of benzene rings is 2. The van der Waals surface area contributed by atoms with Gasteiger partial charge in [0.1, 0.15) is 31.3 Å². The number of carbonyl (C=O) groups excluding carboxylic acids is 2. The summed E-state index contributed by atoms with van der Waals surface area (Å²) in [5, 5.41) is 0.967. The minimum Gasteiger partial charge on any atom is -0.490 e. The lowest BCUT2D eigenvalue weighted by molar-refractivity contribution is -0.144. The van der Waals surface area contributed by atoms with Crippen LogP contribution in [0.5, 0.6) is 11.5 Å². The van der Waals surface area contributed by atoms with Crippen LogP contribution in [0.1, 0.15) is 16.8 Å². The van der Waals surface area contributed by atoms with Crippen molar-refractivity contribution < 1.29 is 23.8 Å². The zero-order valence-corrected chi connectivity index (χ0v) is 19.0. The number of aromatic nitrogens is 1. The molecule has 2 aromatic carbocycles. The van der Waals surface area contributed by atoms with Crippen LogP contribution in [0.4, 0.5) is 5.69 Å². The molecule has 1 unspecified atom stereocenters. The molecule has 0 fully saturated rings. The Kier molecular flexibility index (Phi) is 6.41. The molecule has 0 saturated carbocycles. The van der Waals surface area contributed by atoms with Crippen molar-refractivity contribution in [2.45, 2.75) is 26.9 Å². The molecule has 0 saturated heterocycles. The second kappa shape index (κ2) is 9.40. The van der Waals surface area contributed by atoms with Crippen molar-refractivity contribution >= 4 is 28.9 Å². The minimum atomic E-state index is -0.689. The number of hydrogen-bond acceptors (Lipinski definition) is 7. The van der Waals surface area contributed by atoms with Crippen LogP contribution in [0.2, 0.25) is 0 Å². The van der Waals surface area contributed by atoms with Crippen molar-refractivity contribution in [2.24, 2.45) is 0 Å². The highest BCUT2D eigenvalue weighted by atomic mass is 32.1. The van der Waals surface area contributed by atoms with Crippen LogP contribution in [0.15, 0.2) is 48.5 Å². The first kappa shape index (κ1) is 21.8. The quantitative estimate of drug-likeness (QED) is 0.396. The summed E-state index contributed by atoms with van der Waals surface area (Å²) in [5.74, 6) is 0.444. The summed E-state index contributed by atoms with van der Waals surface area (Å²) in [6, 6.07) is 14.9. The van der Waals surface area contributed by atoms with Gasteiger partial charge in [0.15, 0.2) is 6.10 Å². The lowest BCUT2D eigenvalue weighted by Crippen LogP contribution is -2.47. The number of amides is 1. The Labute approximate surface area is 190 Å². The highest BCUT2D eigenvalue weighted by Gasteiger charge is 2.33. The van der Waals surface area contributed by atoms with Crippen molar-refractivity contribution in [1.29, 1.82) is 0 Å². The van der Waals surface area contributed by atoms with E-state index in [0.717, 1.165) is 21.1 Å². The number of fused-ring (bicyclic) bond motifs is 1. The Bertz CT molecular complexity index is 1130. The van der Waals surface area contributed by atoms with Gasteiger partial charge in [-0.3, -0.25) is 14.5 Å². The van der Waals surface area contributed by atoms with E-state index in [9.17, 15) is 9.59 Å². The molecule has 1 aromatic heterocycles. The fraction of sp³-hybridized carbons (Fsp3) is 0.292. The van der Waals surface area contributed by atoms with E-state index in [4.69, 9.17) is 14.2 Å². The monoisotopic (exact) mass is 452 g/mol. The molecule has 0 aliphatic carbocycles. The number of ether oxygens (including phenoxy) is 3. The zero-order valence-electron chi connectivity index (χ0n) is 18.2. The Morgan fingerprint density at radius 1 is 1.16 bits per heavy atom. The van der Waals surface area contributed by atoms with Crippen LogP contribution in [-0.4, -0.2) is 42.7 Å². The Balaban J connectivity index is 1.46. The number of carbonyl (C=O) groups is 2. The average Bonchev–Trinajstić information content (AvgIpc) is 3.13. The zero-order chi connectivity index (χ0) is 22.7. The third-order valence-electron chi connectivity index (χ3n) is 4.99. The van der Waals surface area contributed by atoms with Crippen LogP contribution >= 0.6 is 11.3 Å². The molecule has 0 N–H and O–H groups in total. The van der Waals surface area contributed by atoms with E-state index in [1.165, 1.54) is 4.90 Å². The summed E-state index contributed by atoms with van der Waals surface area (Å²) in [6.07, 6.45) is -0.689. The van der Waals surface area contributed by atoms with Gasteiger partial charge >= 0.3 is 5.97 Å². The minimum absolute atomic E-state index is 0.0893. The average molecular weight is 453 g/mol. The summed E-state index contributed by atoms with van der Waals surface area (Å²) in [5.41, 5.74) is 2.27. The second-order valence-electron chi connectivity index (χ2n) is 7.39. The van der Waals surface area contributed by atoms with Gasteiger partial charge in [0.2, 0.25) is 0 Å². The number of rotatable bonds is 7. The smallest absolute Gasteiger partial charge is 0.326 e. The number of thiazole rings is 1. The number of nitrogens with zero attached hydrogens (tertiary/aromatic N) is 2. The van der Waals surface area contributed by atoms with E-state index >= 15 is 0 Å². The van der Waals surface area contributed by atoms with Gasteiger partial charge in [-0.15, -0.1) is 11.3 Å².